The second-order valence-electron chi connectivity index (χ2n) is 4.28. The number of benzene rings is 1. The molecule has 2 radical (unpaired) electrons. The quantitative estimate of drug-likeness (QED) is 0.519. The van der Waals surface area contributed by atoms with Gasteiger partial charge in [0.15, 0.2) is 0 Å². The van der Waals surface area contributed by atoms with Crippen LogP contribution in [0.2, 0.25) is 0 Å². The minimum absolute atomic E-state index is 0.0752. The van der Waals surface area contributed by atoms with Crippen LogP contribution in [0.25, 0.3) is 0 Å². The molecule has 0 saturated heterocycles. The summed E-state index contributed by atoms with van der Waals surface area (Å²) in [5.41, 5.74) is 0.740. The Kier molecular flexibility index (Phi) is 8.70. The number of ether oxygens (including phenoxy) is 3. The van der Waals surface area contributed by atoms with Crippen LogP contribution in [0, 0.1) is 0 Å². The Hall–Kier alpha value is -2.06. The van der Waals surface area contributed by atoms with Crippen LogP contribution < -0.4 is 15.4 Å². The Morgan fingerprint density at radius 2 is 1.82 bits per heavy atom. The summed E-state index contributed by atoms with van der Waals surface area (Å²) in [5, 5.41) is 5.52. The molecular formula is C14H19BN2O5. The smallest absolute Gasteiger partial charge is 0.412 e. The zero-order valence-electron chi connectivity index (χ0n) is 12.5. The van der Waals surface area contributed by atoms with Crippen LogP contribution in [0.5, 0.6) is 5.75 Å². The highest BCUT2D eigenvalue weighted by atomic mass is 16.6. The summed E-state index contributed by atoms with van der Waals surface area (Å²) >= 11 is 0. The minimum Gasteiger partial charge on any atom is -0.470 e. The summed E-state index contributed by atoms with van der Waals surface area (Å²) in [4.78, 5) is 22.0. The summed E-state index contributed by atoms with van der Waals surface area (Å²) < 4.78 is 15.0. The maximum Gasteiger partial charge on any atom is 0.412 e. The SMILES string of the molecule is [B]C(=O)OCc1ccc(OC(=O)NCCOCCNC)cc1. The van der Waals surface area contributed by atoms with Crippen molar-refractivity contribution in [3.8, 4) is 5.75 Å². The first-order chi connectivity index (χ1) is 10.6. The third-order valence-corrected chi connectivity index (χ3v) is 2.53. The Balaban J connectivity index is 2.22. The Morgan fingerprint density at radius 1 is 1.14 bits per heavy atom. The molecule has 0 fully saturated rings. The van der Waals surface area contributed by atoms with Gasteiger partial charge >= 0.3 is 6.09 Å². The molecule has 0 atom stereocenters. The molecule has 2 N–H and O–H groups in total. The Morgan fingerprint density at radius 3 is 2.45 bits per heavy atom. The number of hydrogen-bond acceptors (Lipinski definition) is 6. The first kappa shape index (κ1) is 18.0. The van der Waals surface area contributed by atoms with Crippen LogP contribution in [0.15, 0.2) is 24.3 Å². The van der Waals surface area contributed by atoms with E-state index in [0.29, 0.717) is 25.5 Å². The molecule has 0 bridgehead atoms. The molecule has 8 heteroatoms. The standard InChI is InChI=1S/C14H19BN2O5/c1-16-6-8-20-9-7-17-14(19)22-12-4-2-11(3-5-12)10-21-13(15)18/h2-5,16H,6-10H2,1H3,(H,17,19). The fourth-order valence-corrected chi connectivity index (χ4v) is 1.45. The van der Waals surface area contributed by atoms with Gasteiger partial charge in [-0.05, 0) is 24.7 Å². The van der Waals surface area contributed by atoms with E-state index in [4.69, 9.17) is 17.3 Å². The van der Waals surface area contributed by atoms with Crippen molar-refractivity contribution in [3.63, 3.8) is 0 Å². The third kappa shape index (κ3) is 8.28. The molecule has 0 saturated carbocycles. The van der Waals surface area contributed by atoms with E-state index in [0.717, 1.165) is 12.1 Å². The highest BCUT2D eigenvalue weighted by Gasteiger charge is 2.04. The molecule has 1 aromatic rings. The van der Waals surface area contributed by atoms with Gasteiger partial charge < -0.3 is 24.8 Å². The normalized spacial score (nSPS) is 10.0. The zero-order valence-corrected chi connectivity index (χ0v) is 12.5. The fraction of sp³-hybridized carbons (Fsp3) is 0.429. The largest absolute Gasteiger partial charge is 0.470 e. The second kappa shape index (κ2) is 10.6. The van der Waals surface area contributed by atoms with Crippen molar-refractivity contribution in [1.82, 2.24) is 10.6 Å². The molecule has 0 aliphatic carbocycles. The van der Waals surface area contributed by atoms with E-state index in [1.807, 2.05) is 7.05 Å². The van der Waals surface area contributed by atoms with Gasteiger partial charge in [0.05, 0.1) is 13.2 Å². The number of carbonyl (C=O) groups excluding carboxylic acids is 2. The molecule has 1 rings (SSSR count). The number of hydrogen-bond donors (Lipinski definition) is 2. The van der Waals surface area contributed by atoms with Gasteiger partial charge in [-0.3, -0.25) is 4.79 Å². The highest BCUT2D eigenvalue weighted by Crippen LogP contribution is 2.13. The molecule has 0 aliphatic heterocycles. The van der Waals surface area contributed by atoms with Crippen molar-refractivity contribution in [2.45, 2.75) is 6.61 Å². The van der Waals surface area contributed by atoms with Crippen molar-refractivity contribution >= 4 is 19.8 Å². The summed E-state index contributed by atoms with van der Waals surface area (Å²) in [6, 6.07) is 6.55. The van der Waals surface area contributed by atoms with Crippen LogP contribution >= 0.6 is 0 Å². The molecule has 0 aromatic heterocycles. The average Bonchev–Trinajstić information content (AvgIpc) is 2.50. The van der Waals surface area contributed by atoms with Crippen molar-refractivity contribution in [3.05, 3.63) is 29.8 Å². The van der Waals surface area contributed by atoms with E-state index >= 15 is 0 Å². The lowest BCUT2D eigenvalue weighted by molar-refractivity contribution is 0.136. The van der Waals surface area contributed by atoms with Gasteiger partial charge in [-0.15, -0.1) is 0 Å². The van der Waals surface area contributed by atoms with Crippen molar-refractivity contribution in [2.75, 3.05) is 33.4 Å². The third-order valence-electron chi connectivity index (χ3n) is 2.53. The van der Waals surface area contributed by atoms with Crippen LogP contribution in [-0.4, -0.2) is 53.2 Å². The van der Waals surface area contributed by atoms with E-state index < -0.39 is 12.0 Å². The maximum absolute atomic E-state index is 11.5. The lowest BCUT2D eigenvalue weighted by atomic mass is 10.2. The highest BCUT2D eigenvalue weighted by molar-refractivity contribution is 6.55. The summed E-state index contributed by atoms with van der Waals surface area (Å²) in [6.45, 7) is 2.21. The van der Waals surface area contributed by atoms with Crippen LogP contribution in [-0.2, 0) is 16.1 Å². The Labute approximate surface area is 130 Å². The minimum atomic E-state index is -0.836. The first-order valence-electron chi connectivity index (χ1n) is 6.81. The predicted molar refractivity (Wildman–Crippen MR) is 81.2 cm³/mol. The maximum atomic E-state index is 11.5. The van der Waals surface area contributed by atoms with Crippen molar-refractivity contribution in [1.29, 1.82) is 0 Å². The van der Waals surface area contributed by atoms with Gasteiger partial charge in [-0.2, -0.15) is 0 Å². The van der Waals surface area contributed by atoms with Gasteiger partial charge in [-0.25, -0.2) is 4.79 Å². The van der Waals surface area contributed by atoms with Crippen LogP contribution in [0.1, 0.15) is 5.56 Å². The summed E-state index contributed by atoms with van der Waals surface area (Å²) in [7, 11) is 6.71. The number of amides is 1. The molecule has 0 heterocycles. The Bertz CT molecular complexity index is 467. The van der Waals surface area contributed by atoms with Gasteiger partial charge in [0.2, 0.25) is 13.7 Å². The zero-order chi connectivity index (χ0) is 16.2. The van der Waals surface area contributed by atoms with E-state index in [9.17, 15) is 9.59 Å². The second-order valence-corrected chi connectivity index (χ2v) is 4.28. The molecule has 1 aromatic carbocycles. The van der Waals surface area contributed by atoms with E-state index in [1.165, 1.54) is 0 Å². The van der Waals surface area contributed by atoms with Gasteiger partial charge in [-0.1, -0.05) is 12.1 Å². The molecule has 0 aliphatic rings. The molecule has 118 valence electrons. The lowest BCUT2D eigenvalue weighted by Crippen LogP contribution is -2.30. The molecule has 1 amide bonds. The van der Waals surface area contributed by atoms with E-state index in [2.05, 4.69) is 15.4 Å². The van der Waals surface area contributed by atoms with Crippen molar-refractivity contribution < 1.29 is 23.8 Å². The molecule has 0 spiro atoms. The van der Waals surface area contributed by atoms with E-state index in [1.54, 1.807) is 24.3 Å². The lowest BCUT2D eigenvalue weighted by Gasteiger charge is -2.08. The molecular weight excluding hydrogens is 287 g/mol. The van der Waals surface area contributed by atoms with Crippen molar-refractivity contribution in [2.24, 2.45) is 0 Å². The first-order valence-corrected chi connectivity index (χ1v) is 6.81. The van der Waals surface area contributed by atoms with Crippen LogP contribution in [0.4, 0.5) is 9.59 Å². The average molecular weight is 306 g/mol. The van der Waals surface area contributed by atoms with Crippen LogP contribution in [0.3, 0.4) is 0 Å². The number of likely N-dealkylation sites (N-methyl/N-ethyl adjacent to an activating group) is 1. The number of rotatable bonds is 9. The fourth-order valence-electron chi connectivity index (χ4n) is 1.45. The summed E-state index contributed by atoms with van der Waals surface area (Å²) in [5.74, 6) is -0.451. The van der Waals surface area contributed by atoms with Gasteiger partial charge in [0, 0.05) is 13.1 Å². The van der Waals surface area contributed by atoms with E-state index in [-0.39, 0.29) is 6.61 Å². The predicted octanol–water partition coefficient (Wildman–Crippen LogP) is 0.816. The molecule has 0 unspecified atom stereocenters. The molecule has 22 heavy (non-hydrogen) atoms. The number of carbonyl (C=O) groups is 2. The number of nitrogens with one attached hydrogen (secondary N) is 2. The molecule has 7 nitrogen and oxygen atoms in total. The monoisotopic (exact) mass is 306 g/mol. The topological polar surface area (TPSA) is 85.9 Å². The van der Waals surface area contributed by atoms with Gasteiger partial charge in [0.25, 0.3) is 0 Å². The summed E-state index contributed by atoms with van der Waals surface area (Å²) in [6.07, 6.45) is -0.557. The van der Waals surface area contributed by atoms with Gasteiger partial charge in [0.1, 0.15) is 12.4 Å².